The molecule has 1 N–H and O–H groups in total. The lowest BCUT2D eigenvalue weighted by atomic mass is 10.1. The van der Waals surface area contributed by atoms with E-state index in [-0.39, 0.29) is 5.90 Å². The second kappa shape index (κ2) is 55.6. The Morgan fingerprint density at radius 3 is 1.56 bits per heavy atom. The van der Waals surface area contributed by atoms with Crippen LogP contribution >= 0.6 is 12.8 Å². The summed E-state index contributed by atoms with van der Waals surface area (Å²) in [6.45, 7) is 27.1. The molecule has 0 aromatic heterocycles. The van der Waals surface area contributed by atoms with Crippen molar-refractivity contribution in [2.24, 2.45) is 4.40 Å². The number of carbonyl (C=O) groups excluding carboxylic acids is 1. The van der Waals surface area contributed by atoms with Gasteiger partial charge in [-0.2, -0.15) is 0 Å². The number of rotatable bonds is 23. The van der Waals surface area contributed by atoms with Gasteiger partial charge in [-0.05, 0) is 56.3 Å². The molecule has 0 heterocycles. The molecular formula is C39H85N2O2S2+. The lowest BCUT2D eigenvalue weighted by molar-refractivity contribution is -0.117. The van der Waals surface area contributed by atoms with Crippen molar-refractivity contribution in [1.82, 2.24) is 0 Å². The molecule has 0 bridgehead atoms. The highest BCUT2D eigenvalue weighted by atomic mass is 32.2. The van der Waals surface area contributed by atoms with Crippen LogP contribution in [0.15, 0.2) is 16.0 Å². The third-order valence-electron chi connectivity index (χ3n) is 6.13. The van der Waals surface area contributed by atoms with Gasteiger partial charge in [0.15, 0.2) is 0 Å². The molecule has 0 radical (unpaired) electrons. The van der Waals surface area contributed by atoms with Crippen molar-refractivity contribution in [3.05, 3.63) is 11.6 Å². The van der Waals surface area contributed by atoms with E-state index in [9.17, 15) is 4.79 Å². The molecule has 6 heteroatoms. The Morgan fingerprint density at radius 1 is 0.711 bits per heavy atom. The maximum atomic E-state index is 10.7. The number of Topliss-reactive ketones (excluding diaryl/α,β-unsaturated/α-hetero) is 1. The third-order valence-corrected chi connectivity index (χ3v) is 8.24. The molecule has 0 aromatic rings. The van der Waals surface area contributed by atoms with E-state index in [2.05, 4.69) is 57.2 Å². The Kier molecular flexibility index (Phi) is 70.0. The minimum Gasteiger partial charge on any atom is -0.477 e. The molecule has 45 heavy (non-hydrogen) atoms. The first-order chi connectivity index (χ1) is 21.9. The van der Waals surface area contributed by atoms with Crippen LogP contribution in [0.2, 0.25) is 0 Å². The molecule has 0 saturated heterocycles. The number of ketones is 1. The van der Waals surface area contributed by atoms with Crippen LogP contribution in [0.3, 0.4) is 0 Å². The van der Waals surface area contributed by atoms with Crippen LogP contribution in [-0.4, -0.2) is 41.8 Å². The van der Waals surface area contributed by atoms with E-state index in [1.54, 1.807) is 6.92 Å². The van der Waals surface area contributed by atoms with Crippen molar-refractivity contribution in [1.29, 1.82) is 5.41 Å². The zero-order valence-corrected chi connectivity index (χ0v) is 35.0. The second-order valence-electron chi connectivity index (χ2n) is 10.1. The first-order valence-corrected chi connectivity index (χ1v) is 21.5. The van der Waals surface area contributed by atoms with E-state index >= 15 is 0 Å². The van der Waals surface area contributed by atoms with Gasteiger partial charge in [0.05, 0.1) is 12.9 Å². The van der Waals surface area contributed by atoms with Gasteiger partial charge in [-0.1, -0.05) is 166 Å². The number of thiol groups is 1. The first-order valence-electron chi connectivity index (χ1n) is 19.1. The normalized spacial score (nSPS) is 10.9. The Balaban J connectivity index is -0.000000147. The maximum absolute atomic E-state index is 10.7. The number of hydrogen-bond acceptors (Lipinski definition) is 5. The number of allylic oxidation sites excluding steroid dienone is 1. The van der Waals surface area contributed by atoms with Crippen molar-refractivity contribution < 1.29 is 9.53 Å². The SMILES string of the molecule is CC.CC.CC.CC.CCC/C=C(C[S+](C)CCC)/C(=N/S)C(=N)OCCCCCC.CCCCCCCCCCCC(C)=O. The molecule has 0 amide bonds. The van der Waals surface area contributed by atoms with Gasteiger partial charge in [0.1, 0.15) is 23.0 Å². The van der Waals surface area contributed by atoms with E-state index < -0.39 is 0 Å². The summed E-state index contributed by atoms with van der Waals surface area (Å²) in [5, 5.41) is 8.20. The Hall–Kier alpha value is -0.750. The van der Waals surface area contributed by atoms with Crippen LogP contribution in [0, 0.1) is 5.41 Å². The molecule has 0 aliphatic rings. The van der Waals surface area contributed by atoms with Crippen LogP contribution in [0.4, 0.5) is 0 Å². The van der Waals surface area contributed by atoms with Crippen molar-refractivity contribution >= 4 is 41.1 Å². The Bertz CT molecular complexity index is 608. The van der Waals surface area contributed by atoms with Crippen molar-refractivity contribution in [3.8, 4) is 0 Å². The number of hydrogen-bond donors (Lipinski definition) is 2. The number of ether oxygens (including phenoxy) is 1. The van der Waals surface area contributed by atoms with Gasteiger partial charge in [-0.3, -0.25) is 5.41 Å². The smallest absolute Gasteiger partial charge is 0.233 e. The van der Waals surface area contributed by atoms with Gasteiger partial charge in [-0.15, -0.1) is 0 Å². The van der Waals surface area contributed by atoms with E-state index in [1.807, 2.05) is 55.4 Å². The Labute approximate surface area is 294 Å². The highest BCUT2D eigenvalue weighted by Crippen LogP contribution is 2.12. The zero-order chi connectivity index (χ0) is 36.2. The number of nitrogens with one attached hydrogen (secondary N) is 1. The molecular weight excluding hydrogens is 593 g/mol. The molecule has 0 saturated carbocycles. The van der Waals surface area contributed by atoms with Crippen LogP contribution in [-0.2, 0) is 20.4 Å². The molecule has 0 fully saturated rings. The van der Waals surface area contributed by atoms with Crippen LogP contribution in [0.1, 0.15) is 199 Å². The van der Waals surface area contributed by atoms with E-state index in [0.717, 1.165) is 49.9 Å². The van der Waals surface area contributed by atoms with Crippen LogP contribution in [0.25, 0.3) is 0 Å². The monoisotopic (exact) mass is 678 g/mol. The highest BCUT2D eigenvalue weighted by Gasteiger charge is 2.21. The summed E-state index contributed by atoms with van der Waals surface area (Å²) in [7, 11) is 0.312. The average Bonchev–Trinajstić information content (AvgIpc) is 3.07. The second-order valence-corrected chi connectivity index (χ2v) is 12.6. The van der Waals surface area contributed by atoms with Gasteiger partial charge in [0, 0.05) is 12.0 Å². The molecule has 0 rings (SSSR count). The van der Waals surface area contributed by atoms with Crippen LogP contribution in [0.5, 0.6) is 0 Å². The summed E-state index contributed by atoms with van der Waals surface area (Å²) in [6.07, 6.45) is 25.1. The Morgan fingerprint density at radius 2 is 1.16 bits per heavy atom. The standard InChI is InChI=1S/C18H34N2OS2.C13H26O.4C2H6/c1-5-8-10-11-13-21-18(19)17(20-22)16(12-9-6-2)15-23(4)14-7-3;1-3-4-5-6-7-8-9-10-11-12-13(2)14;4*1-2/h12,19H,5-11,13-15H2,1-4H3;3-12H2,1-2H3;4*1-2H3/p+1/b16-12+,19-18?,20-17-;;;;;. The molecule has 1 atom stereocenters. The molecule has 274 valence electrons. The molecule has 0 aromatic carbocycles. The zero-order valence-electron chi connectivity index (χ0n) is 33.3. The quantitative estimate of drug-likeness (QED) is 0.0372. The topological polar surface area (TPSA) is 62.5 Å². The first kappa shape index (κ1) is 56.6. The van der Waals surface area contributed by atoms with Crippen molar-refractivity contribution in [3.63, 3.8) is 0 Å². The summed E-state index contributed by atoms with van der Waals surface area (Å²) >= 11 is 4.10. The fraction of sp³-hybridized carbons (Fsp3) is 0.872. The fourth-order valence-corrected chi connectivity index (χ4v) is 5.79. The van der Waals surface area contributed by atoms with Crippen LogP contribution < -0.4 is 0 Å². The minimum absolute atomic E-state index is 0.173. The van der Waals surface area contributed by atoms with Crippen molar-refractivity contribution in [2.75, 3.05) is 24.4 Å². The summed E-state index contributed by atoms with van der Waals surface area (Å²) in [5.41, 5.74) is 1.74. The largest absolute Gasteiger partial charge is 0.477 e. The lowest BCUT2D eigenvalue weighted by Gasteiger charge is -2.12. The lowest BCUT2D eigenvalue weighted by Crippen LogP contribution is -2.24. The predicted octanol–water partition coefficient (Wildman–Crippen LogP) is 13.8. The number of unbranched alkanes of at least 4 members (excludes halogenated alkanes) is 12. The van der Waals surface area contributed by atoms with Gasteiger partial charge in [-0.25, -0.2) is 4.40 Å². The summed E-state index contributed by atoms with van der Waals surface area (Å²) in [4.78, 5) is 10.7. The van der Waals surface area contributed by atoms with E-state index in [4.69, 9.17) is 10.1 Å². The third kappa shape index (κ3) is 50.3. The van der Waals surface area contributed by atoms with Gasteiger partial charge in [0.25, 0.3) is 0 Å². The molecule has 4 nitrogen and oxygen atoms in total. The van der Waals surface area contributed by atoms with E-state index in [1.165, 1.54) is 76.4 Å². The van der Waals surface area contributed by atoms with E-state index in [0.29, 0.717) is 29.0 Å². The number of carbonyl (C=O) groups is 1. The molecule has 0 aliphatic carbocycles. The predicted molar refractivity (Wildman–Crippen MR) is 218 cm³/mol. The number of nitrogens with zero attached hydrogens (tertiary/aromatic N) is 1. The summed E-state index contributed by atoms with van der Waals surface area (Å²) < 4.78 is 9.68. The highest BCUT2D eigenvalue weighted by molar-refractivity contribution is 7.96. The van der Waals surface area contributed by atoms with Gasteiger partial charge >= 0.3 is 0 Å². The average molecular weight is 678 g/mol. The molecule has 1 unspecified atom stereocenters. The maximum Gasteiger partial charge on any atom is 0.233 e. The molecule has 0 aliphatic heterocycles. The molecule has 0 spiro atoms. The summed E-state index contributed by atoms with van der Waals surface area (Å²) in [5.74, 6) is 2.70. The minimum atomic E-state index is 0.173. The van der Waals surface area contributed by atoms with Gasteiger partial charge < -0.3 is 9.53 Å². The summed E-state index contributed by atoms with van der Waals surface area (Å²) in [6, 6.07) is 0. The van der Waals surface area contributed by atoms with Gasteiger partial charge in [0.2, 0.25) is 5.90 Å². The fourth-order valence-electron chi connectivity index (χ4n) is 3.94. The van der Waals surface area contributed by atoms with Crippen molar-refractivity contribution in [2.45, 2.75) is 199 Å².